The van der Waals surface area contributed by atoms with Gasteiger partial charge >= 0.3 is 0 Å². The molecule has 0 saturated heterocycles. The van der Waals surface area contributed by atoms with Crippen LogP contribution in [-0.2, 0) is 6.42 Å². The van der Waals surface area contributed by atoms with E-state index < -0.39 is 0 Å². The highest BCUT2D eigenvalue weighted by atomic mass is 15.1. The first-order valence-electron chi connectivity index (χ1n) is 8.12. The third-order valence-electron chi connectivity index (χ3n) is 4.19. The highest BCUT2D eigenvalue weighted by molar-refractivity contribution is 5.68. The summed E-state index contributed by atoms with van der Waals surface area (Å²) in [5, 5.41) is 3.35. The lowest BCUT2D eigenvalue weighted by molar-refractivity contribution is 1.00. The van der Waals surface area contributed by atoms with Crippen LogP contribution in [0.5, 0.6) is 0 Å². The van der Waals surface area contributed by atoms with Crippen LogP contribution in [0.15, 0.2) is 54.6 Å². The van der Waals surface area contributed by atoms with Gasteiger partial charge in [0.25, 0.3) is 0 Å². The van der Waals surface area contributed by atoms with Crippen LogP contribution in [0.25, 0.3) is 11.3 Å². The van der Waals surface area contributed by atoms with Gasteiger partial charge in [0.2, 0.25) is 5.95 Å². The number of nitrogens with one attached hydrogen (secondary N) is 1. The van der Waals surface area contributed by atoms with E-state index in [0.717, 1.165) is 30.0 Å². The molecule has 4 heteroatoms. The fourth-order valence-corrected chi connectivity index (χ4v) is 2.70. The predicted molar refractivity (Wildman–Crippen MR) is 100.0 cm³/mol. The van der Waals surface area contributed by atoms with Crippen molar-refractivity contribution in [3.05, 3.63) is 71.3 Å². The first-order valence-corrected chi connectivity index (χ1v) is 8.12. The molecule has 0 fully saturated rings. The fraction of sp³-hybridized carbons (Fsp3) is 0.200. The maximum Gasteiger partial charge on any atom is 0.222 e. The standard InChI is InChI=1S/C20H22N4/c1-14-7-6-10-17(15(14)2)18-13-19(24-20(21)23-18)22-12-11-16-8-4-3-5-9-16/h3-10,13H,11-12H2,1-2H3,(H3,21,22,23,24). The van der Waals surface area contributed by atoms with Crippen molar-refractivity contribution >= 4 is 11.8 Å². The average molecular weight is 318 g/mol. The molecule has 2 aromatic carbocycles. The van der Waals surface area contributed by atoms with Crippen molar-refractivity contribution in [3.8, 4) is 11.3 Å². The Bertz CT molecular complexity index is 828. The topological polar surface area (TPSA) is 63.8 Å². The van der Waals surface area contributed by atoms with Crippen LogP contribution in [0.4, 0.5) is 11.8 Å². The summed E-state index contributed by atoms with van der Waals surface area (Å²) in [6.45, 7) is 5.00. The lowest BCUT2D eigenvalue weighted by Gasteiger charge is -2.11. The highest BCUT2D eigenvalue weighted by Crippen LogP contribution is 2.26. The molecule has 0 spiro atoms. The van der Waals surface area contributed by atoms with E-state index in [1.807, 2.05) is 18.2 Å². The molecule has 0 aliphatic rings. The number of nitrogens with two attached hydrogens (primary N) is 1. The number of benzene rings is 2. The largest absolute Gasteiger partial charge is 0.370 e. The van der Waals surface area contributed by atoms with Crippen molar-refractivity contribution in [1.82, 2.24) is 9.97 Å². The Labute approximate surface area is 142 Å². The number of hydrogen-bond acceptors (Lipinski definition) is 4. The molecule has 0 bridgehead atoms. The zero-order valence-electron chi connectivity index (χ0n) is 14.1. The Balaban J connectivity index is 1.78. The Morgan fingerprint density at radius 2 is 1.75 bits per heavy atom. The molecule has 0 unspecified atom stereocenters. The van der Waals surface area contributed by atoms with E-state index >= 15 is 0 Å². The zero-order valence-corrected chi connectivity index (χ0v) is 14.1. The van der Waals surface area contributed by atoms with Gasteiger partial charge in [-0.05, 0) is 37.0 Å². The summed E-state index contributed by atoms with van der Waals surface area (Å²) in [4.78, 5) is 8.70. The summed E-state index contributed by atoms with van der Waals surface area (Å²) in [6, 6.07) is 18.5. The van der Waals surface area contributed by atoms with E-state index in [1.54, 1.807) is 0 Å². The molecule has 0 aliphatic carbocycles. The fourth-order valence-electron chi connectivity index (χ4n) is 2.70. The molecule has 0 amide bonds. The maximum atomic E-state index is 5.91. The first kappa shape index (κ1) is 16.0. The molecule has 3 aromatic rings. The summed E-state index contributed by atoms with van der Waals surface area (Å²) < 4.78 is 0. The second-order valence-electron chi connectivity index (χ2n) is 5.91. The minimum absolute atomic E-state index is 0.288. The predicted octanol–water partition coefficient (Wildman–Crippen LogP) is 4.00. The van der Waals surface area contributed by atoms with Crippen LogP contribution in [0.3, 0.4) is 0 Å². The van der Waals surface area contributed by atoms with Gasteiger partial charge in [0.1, 0.15) is 5.82 Å². The number of nitrogens with zero attached hydrogens (tertiary/aromatic N) is 2. The van der Waals surface area contributed by atoms with E-state index in [0.29, 0.717) is 0 Å². The zero-order chi connectivity index (χ0) is 16.9. The van der Waals surface area contributed by atoms with E-state index in [4.69, 9.17) is 5.73 Å². The smallest absolute Gasteiger partial charge is 0.222 e. The Kier molecular flexibility index (Phi) is 4.75. The van der Waals surface area contributed by atoms with Gasteiger partial charge in [-0.2, -0.15) is 4.98 Å². The van der Waals surface area contributed by atoms with Gasteiger partial charge in [0, 0.05) is 18.2 Å². The minimum atomic E-state index is 0.288. The van der Waals surface area contributed by atoms with Gasteiger partial charge in [-0.3, -0.25) is 0 Å². The second-order valence-corrected chi connectivity index (χ2v) is 5.91. The molecule has 3 N–H and O–H groups in total. The van der Waals surface area contributed by atoms with E-state index in [1.165, 1.54) is 16.7 Å². The van der Waals surface area contributed by atoms with Gasteiger partial charge in [0.15, 0.2) is 0 Å². The third kappa shape index (κ3) is 3.71. The molecule has 1 aromatic heterocycles. The highest BCUT2D eigenvalue weighted by Gasteiger charge is 2.08. The van der Waals surface area contributed by atoms with Gasteiger partial charge in [-0.1, -0.05) is 48.5 Å². The molecule has 4 nitrogen and oxygen atoms in total. The monoisotopic (exact) mass is 318 g/mol. The summed E-state index contributed by atoms with van der Waals surface area (Å²) >= 11 is 0. The van der Waals surface area contributed by atoms with Crippen LogP contribution in [0.2, 0.25) is 0 Å². The van der Waals surface area contributed by atoms with Crippen molar-refractivity contribution in [2.75, 3.05) is 17.6 Å². The van der Waals surface area contributed by atoms with Gasteiger partial charge in [-0.25, -0.2) is 4.98 Å². The number of aromatic nitrogens is 2. The Morgan fingerprint density at radius 3 is 2.54 bits per heavy atom. The second kappa shape index (κ2) is 7.13. The molecule has 122 valence electrons. The molecule has 1 heterocycles. The van der Waals surface area contributed by atoms with Crippen molar-refractivity contribution in [2.45, 2.75) is 20.3 Å². The van der Waals surface area contributed by atoms with Crippen LogP contribution in [0, 0.1) is 13.8 Å². The van der Waals surface area contributed by atoms with Crippen LogP contribution in [0.1, 0.15) is 16.7 Å². The molecule has 0 radical (unpaired) electrons. The summed E-state index contributed by atoms with van der Waals surface area (Å²) in [7, 11) is 0. The molecule has 24 heavy (non-hydrogen) atoms. The van der Waals surface area contributed by atoms with E-state index in [-0.39, 0.29) is 5.95 Å². The Morgan fingerprint density at radius 1 is 0.958 bits per heavy atom. The molecule has 3 rings (SSSR count). The Hall–Kier alpha value is -2.88. The number of aryl methyl sites for hydroxylation is 1. The van der Waals surface area contributed by atoms with Crippen molar-refractivity contribution < 1.29 is 0 Å². The maximum absolute atomic E-state index is 5.91. The molecular weight excluding hydrogens is 296 g/mol. The molecule has 0 atom stereocenters. The van der Waals surface area contributed by atoms with Crippen LogP contribution < -0.4 is 11.1 Å². The van der Waals surface area contributed by atoms with E-state index in [2.05, 4.69) is 65.5 Å². The molecule has 0 saturated carbocycles. The SMILES string of the molecule is Cc1cccc(-c2cc(NCCc3ccccc3)nc(N)n2)c1C. The van der Waals surface area contributed by atoms with E-state index in [9.17, 15) is 0 Å². The lowest BCUT2D eigenvalue weighted by atomic mass is 10.0. The number of nitrogen functional groups attached to an aromatic ring is 1. The summed E-state index contributed by atoms with van der Waals surface area (Å²) in [5.41, 5.74) is 11.6. The van der Waals surface area contributed by atoms with Crippen molar-refractivity contribution in [3.63, 3.8) is 0 Å². The van der Waals surface area contributed by atoms with Crippen molar-refractivity contribution in [1.29, 1.82) is 0 Å². The quantitative estimate of drug-likeness (QED) is 0.746. The lowest BCUT2D eigenvalue weighted by Crippen LogP contribution is -2.08. The van der Waals surface area contributed by atoms with Gasteiger partial charge < -0.3 is 11.1 Å². The van der Waals surface area contributed by atoms with Gasteiger partial charge in [-0.15, -0.1) is 0 Å². The summed E-state index contributed by atoms with van der Waals surface area (Å²) in [5.74, 6) is 1.05. The normalized spacial score (nSPS) is 10.6. The summed E-state index contributed by atoms with van der Waals surface area (Å²) in [6.07, 6.45) is 0.934. The number of rotatable bonds is 5. The third-order valence-corrected chi connectivity index (χ3v) is 4.19. The van der Waals surface area contributed by atoms with Crippen molar-refractivity contribution in [2.24, 2.45) is 0 Å². The number of hydrogen-bond donors (Lipinski definition) is 2. The molecule has 0 aliphatic heterocycles. The average Bonchev–Trinajstić information content (AvgIpc) is 2.58. The minimum Gasteiger partial charge on any atom is -0.370 e. The van der Waals surface area contributed by atoms with Crippen LogP contribution >= 0.6 is 0 Å². The van der Waals surface area contributed by atoms with Gasteiger partial charge in [0.05, 0.1) is 5.69 Å². The first-order chi connectivity index (χ1) is 11.6. The molecular formula is C20H22N4. The van der Waals surface area contributed by atoms with Crippen LogP contribution in [-0.4, -0.2) is 16.5 Å². The number of anilines is 2.